The maximum atomic E-state index is 10.4. The van der Waals surface area contributed by atoms with Crippen molar-refractivity contribution in [3.05, 3.63) is 28.3 Å². The van der Waals surface area contributed by atoms with Crippen molar-refractivity contribution in [2.75, 3.05) is 5.32 Å². The highest BCUT2D eigenvalue weighted by Gasteiger charge is 2.30. The van der Waals surface area contributed by atoms with Gasteiger partial charge >= 0.3 is 5.70 Å². The number of nitrogens with one attached hydrogen (secondary N) is 1. The minimum Gasteiger partial charge on any atom is -0.363 e. The van der Waals surface area contributed by atoms with Crippen LogP contribution in [-0.4, -0.2) is 24.8 Å². The highest BCUT2D eigenvalue weighted by atomic mass is 16.6. The molecule has 8 heteroatoms. The summed E-state index contributed by atoms with van der Waals surface area (Å²) in [5, 5.41) is 25.9. The molecule has 0 amide bonds. The largest absolute Gasteiger partial charge is 0.363 e. The Kier molecular flexibility index (Phi) is 1.49. The van der Waals surface area contributed by atoms with Crippen molar-refractivity contribution < 1.29 is 10.0 Å². The summed E-state index contributed by atoms with van der Waals surface area (Å²) in [6.07, 6.45) is 0.908. The summed E-state index contributed by atoms with van der Waals surface area (Å²) < 4.78 is 1.03. The second kappa shape index (κ2) is 2.52. The van der Waals surface area contributed by atoms with E-state index >= 15 is 0 Å². The van der Waals surface area contributed by atoms with Gasteiger partial charge in [0.05, 0.1) is 11.1 Å². The molecule has 0 saturated heterocycles. The zero-order valence-electron chi connectivity index (χ0n) is 6.28. The molecule has 1 aromatic rings. The van der Waals surface area contributed by atoms with Gasteiger partial charge in [0.25, 0.3) is 0 Å². The minimum atomic E-state index is -1.38. The van der Waals surface area contributed by atoms with Crippen LogP contribution in [0.2, 0.25) is 0 Å². The van der Waals surface area contributed by atoms with Crippen LogP contribution in [0.1, 0.15) is 6.23 Å². The van der Waals surface area contributed by atoms with Crippen molar-refractivity contribution in [1.82, 2.24) is 14.8 Å². The standard InChI is InChI=1S/C5H5N5O3/c11-4-3(10(12)13)1-6-5-7-2-8-9(4)5/h1-2,4,11H,(H,6,7,8). The normalized spacial score (nSPS) is 20.1. The first kappa shape index (κ1) is 7.68. The Morgan fingerprint density at radius 3 is 3.23 bits per heavy atom. The molecule has 0 aromatic carbocycles. The fourth-order valence-corrected chi connectivity index (χ4v) is 1.02. The molecule has 2 heterocycles. The smallest absolute Gasteiger partial charge is 0.313 e. The van der Waals surface area contributed by atoms with Crippen LogP contribution in [0.25, 0.3) is 0 Å². The molecule has 0 fully saturated rings. The van der Waals surface area contributed by atoms with Crippen molar-refractivity contribution in [2.45, 2.75) is 6.23 Å². The number of anilines is 1. The van der Waals surface area contributed by atoms with Gasteiger partial charge in [0.15, 0.2) is 0 Å². The van der Waals surface area contributed by atoms with Crippen LogP contribution < -0.4 is 5.32 Å². The van der Waals surface area contributed by atoms with Gasteiger partial charge in [0.1, 0.15) is 6.33 Å². The predicted octanol–water partition coefficient (Wildman–Crippen LogP) is -0.687. The van der Waals surface area contributed by atoms with Crippen molar-refractivity contribution in [2.24, 2.45) is 0 Å². The number of fused-ring (bicyclic) bond motifs is 1. The lowest BCUT2D eigenvalue weighted by Crippen LogP contribution is -2.24. The van der Waals surface area contributed by atoms with E-state index in [0.29, 0.717) is 0 Å². The zero-order chi connectivity index (χ0) is 9.42. The summed E-state index contributed by atoms with van der Waals surface area (Å²) in [5.41, 5.74) is -0.363. The van der Waals surface area contributed by atoms with E-state index in [0.717, 1.165) is 10.9 Å². The highest BCUT2D eigenvalue weighted by Crippen LogP contribution is 2.21. The third kappa shape index (κ3) is 1.04. The van der Waals surface area contributed by atoms with E-state index in [1.165, 1.54) is 6.33 Å². The molecule has 0 bridgehead atoms. The number of aliphatic hydroxyl groups excluding tert-OH is 1. The van der Waals surface area contributed by atoms with Crippen molar-refractivity contribution in [3.63, 3.8) is 0 Å². The maximum absolute atomic E-state index is 10.4. The number of aliphatic hydroxyl groups is 1. The summed E-state index contributed by atoms with van der Waals surface area (Å²) in [4.78, 5) is 13.4. The number of nitro groups is 1. The monoisotopic (exact) mass is 183 g/mol. The Morgan fingerprint density at radius 2 is 2.54 bits per heavy atom. The van der Waals surface area contributed by atoms with Crippen LogP contribution in [0.4, 0.5) is 5.95 Å². The summed E-state index contributed by atoms with van der Waals surface area (Å²) in [7, 11) is 0. The third-order valence-corrected chi connectivity index (χ3v) is 1.63. The number of aromatic nitrogens is 3. The van der Waals surface area contributed by atoms with E-state index in [1.807, 2.05) is 0 Å². The first-order valence-electron chi connectivity index (χ1n) is 3.38. The molecule has 0 spiro atoms. The van der Waals surface area contributed by atoms with Crippen molar-refractivity contribution in [3.8, 4) is 0 Å². The third-order valence-electron chi connectivity index (χ3n) is 1.63. The molecule has 1 aromatic heterocycles. The van der Waals surface area contributed by atoms with Gasteiger partial charge in [-0.1, -0.05) is 0 Å². The number of nitrogens with zero attached hydrogens (tertiary/aromatic N) is 4. The molecule has 0 radical (unpaired) electrons. The van der Waals surface area contributed by atoms with E-state index in [9.17, 15) is 15.2 Å². The number of hydrogen-bond donors (Lipinski definition) is 2. The summed E-state index contributed by atoms with van der Waals surface area (Å²) in [6.45, 7) is 0. The average Bonchev–Trinajstić information content (AvgIpc) is 2.52. The van der Waals surface area contributed by atoms with Gasteiger partial charge in [-0.3, -0.25) is 10.1 Å². The highest BCUT2D eigenvalue weighted by molar-refractivity contribution is 5.33. The molecule has 1 atom stereocenters. The molecular formula is C5H5N5O3. The molecule has 1 unspecified atom stereocenters. The minimum absolute atomic E-state index is 0.276. The Labute approximate surface area is 71.7 Å². The lowest BCUT2D eigenvalue weighted by atomic mass is 10.4. The Morgan fingerprint density at radius 1 is 1.77 bits per heavy atom. The summed E-state index contributed by atoms with van der Waals surface area (Å²) in [6, 6.07) is 0. The lowest BCUT2D eigenvalue weighted by Gasteiger charge is -2.14. The van der Waals surface area contributed by atoms with E-state index in [2.05, 4.69) is 15.4 Å². The van der Waals surface area contributed by atoms with E-state index in [1.54, 1.807) is 0 Å². The molecular weight excluding hydrogens is 178 g/mol. The van der Waals surface area contributed by atoms with E-state index in [4.69, 9.17) is 0 Å². The molecule has 0 saturated carbocycles. The van der Waals surface area contributed by atoms with E-state index < -0.39 is 11.2 Å². The Hall–Kier alpha value is -1.96. The number of rotatable bonds is 1. The van der Waals surface area contributed by atoms with Crippen LogP contribution in [0.5, 0.6) is 0 Å². The summed E-state index contributed by atoms with van der Waals surface area (Å²) >= 11 is 0. The Balaban J connectivity index is 2.41. The van der Waals surface area contributed by atoms with Crippen LogP contribution in [0, 0.1) is 10.1 Å². The number of hydrogen-bond acceptors (Lipinski definition) is 6. The van der Waals surface area contributed by atoms with Gasteiger partial charge < -0.3 is 10.4 Å². The maximum Gasteiger partial charge on any atom is 0.313 e. The fourth-order valence-electron chi connectivity index (χ4n) is 1.02. The first-order valence-corrected chi connectivity index (χ1v) is 3.38. The molecule has 1 aliphatic heterocycles. The van der Waals surface area contributed by atoms with Crippen LogP contribution in [0.15, 0.2) is 18.2 Å². The van der Waals surface area contributed by atoms with Crippen LogP contribution in [-0.2, 0) is 0 Å². The molecule has 68 valence electrons. The van der Waals surface area contributed by atoms with E-state index in [-0.39, 0.29) is 11.6 Å². The lowest BCUT2D eigenvalue weighted by molar-refractivity contribution is -0.441. The molecule has 1 aliphatic rings. The molecule has 8 nitrogen and oxygen atoms in total. The first-order chi connectivity index (χ1) is 6.20. The average molecular weight is 183 g/mol. The second-order valence-electron chi connectivity index (χ2n) is 2.37. The molecule has 0 aliphatic carbocycles. The van der Waals surface area contributed by atoms with Gasteiger partial charge in [-0.2, -0.15) is 14.8 Å². The van der Waals surface area contributed by atoms with Crippen LogP contribution in [0.3, 0.4) is 0 Å². The Bertz CT molecular complexity index is 383. The molecule has 2 rings (SSSR count). The van der Waals surface area contributed by atoms with Gasteiger partial charge in [-0.15, -0.1) is 0 Å². The van der Waals surface area contributed by atoms with Crippen LogP contribution >= 0.6 is 0 Å². The molecule has 13 heavy (non-hydrogen) atoms. The quantitative estimate of drug-likeness (QED) is 0.441. The van der Waals surface area contributed by atoms with Gasteiger partial charge in [-0.05, 0) is 0 Å². The second-order valence-corrected chi connectivity index (χ2v) is 2.37. The van der Waals surface area contributed by atoms with Gasteiger partial charge in [-0.25, -0.2) is 0 Å². The fraction of sp³-hybridized carbons (Fsp3) is 0.200. The van der Waals surface area contributed by atoms with Gasteiger partial charge in [0.2, 0.25) is 12.2 Å². The van der Waals surface area contributed by atoms with Crippen molar-refractivity contribution in [1.29, 1.82) is 0 Å². The topological polar surface area (TPSA) is 106 Å². The SMILES string of the molecule is O=[N+]([O-])C1=CNc2ncnn2C1O. The zero-order valence-corrected chi connectivity index (χ0v) is 6.28. The van der Waals surface area contributed by atoms with Gasteiger partial charge in [0, 0.05) is 0 Å². The molecule has 2 N–H and O–H groups in total. The summed E-state index contributed by atoms with van der Waals surface area (Å²) in [5.74, 6) is 0.276. The predicted molar refractivity (Wildman–Crippen MR) is 40.0 cm³/mol. The van der Waals surface area contributed by atoms with Crippen molar-refractivity contribution >= 4 is 5.95 Å².